The molecule has 0 saturated heterocycles. The molecule has 1 aliphatic heterocycles. The number of hydrogen-bond donors (Lipinski definition) is 2. The molecule has 9 nitrogen and oxygen atoms in total. The number of ether oxygens (including phenoxy) is 3. The molecular weight excluding hydrogens is 445 g/mol. The highest BCUT2D eigenvalue weighted by Gasteiger charge is 2.69. The summed E-state index contributed by atoms with van der Waals surface area (Å²) in [7, 11) is 1.23. The van der Waals surface area contributed by atoms with E-state index in [2.05, 4.69) is 31.2 Å². The molecule has 3 saturated carbocycles. The summed E-state index contributed by atoms with van der Waals surface area (Å²) in [6, 6.07) is 5.47. The number of fused-ring (bicyclic) bond motifs is 1. The lowest BCUT2D eigenvalue weighted by atomic mass is 9.40. The van der Waals surface area contributed by atoms with Crippen LogP contribution in [0.25, 0.3) is 0 Å². The lowest BCUT2D eigenvalue weighted by Crippen LogP contribution is -2.74. The Morgan fingerprint density at radius 1 is 1.18 bits per heavy atom. The number of carbonyl (C=O) groups excluding carboxylic acids is 2. The van der Waals surface area contributed by atoms with Crippen molar-refractivity contribution in [3.63, 3.8) is 0 Å². The Hall–Kier alpha value is -4.01. The first kappa shape index (κ1) is 20.9. The third-order valence-corrected chi connectivity index (χ3v) is 5.99. The van der Waals surface area contributed by atoms with E-state index in [4.69, 9.17) is 10.00 Å². The van der Waals surface area contributed by atoms with E-state index in [1.54, 1.807) is 0 Å². The van der Waals surface area contributed by atoms with Gasteiger partial charge in [-0.2, -0.15) is 9.65 Å². The lowest BCUT2D eigenvalue weighted by molar-refractivity contribution is -0.286. The maximum atomic E-state index is 14.2. The van der Waals surface area contributed by atoms with Crippen molar-refractivity contribution in [2.75, 3.05) is 12.4 Å². The summed E-state index contributed by atoms with van der Waals surface area (Å²) in [5.74, 6) is -3.77. The Kier molecular flexibility index (Phi) is 4.26. The highest BCUT2D eigenvalue weighted by molar-refractivity contribution is 6.10. The Morgan fingerprint density at radius 2 is 1.85 bits per heavy atom. The number of nitrogens with one attached hydrogen (secondary N) is 2. The number of pyridine rings is 1. The average Bonchev–Trinajstić information content (AvgIpc) is 3.01. The van der Waals surface area contributed by atoms with Crippen LogP contribution in [0.4, 0.5) is 18.9 Å². The molecule has 170 valence electrons. The molecule has 3 fully saturated rings. The molecule has 3 aliphatic carbocycles. The van der Waals surface area contributed by atoms with Gasteiger partial charge in [-0.15, -0.1) is 8.78 Å². The molecule has 2 heterocycles. The number of nitrogens with zero attached hydrogens (tertiary/aromatic N) is 2. The molecular formula is C21H15F3N4O5. The quantitative estimate of drug-likeness (QED) is 0.658. The van der Waals surface area contributed by atoms with Crippen molar-refractivity contribution in [2.24, 2.45) is 5.41 Å². The molecule has 0 unspecified atom stereocenters. The van der Waals surface area contributed by atoms with Crippen LogP contribution in [-0.4, -0.2) is 35.7 Å². The van der Waals surface area contributed by atoms with E-state index in [1.807, 2.05) is 0 Å². The van der Waals surface area contributed by atoms with Crippen LogP contribution in [0.2, 0.25) is 0 Å². The van der Waals surface area contributed by atoms with Crippen molar-refractivity contribution in [3.8, 4) is 23.3 Å². The molecule has 2 bridgehead atoms. The molecule has 2 amide bonds. The monoisotopic (exact) mass is 460 g/mol. The number of methoxy groups -OCH3 is 1. The molecule has 33 heavy (non-hydrogen) atoms. The summed E-state index contributed by atoms with van der Waals surface area (Å²) in [4.78, 5) is 29.2. The third kappa shape index (κ3) is 3.27. The van der Waals surface area contributed by atoms with Crippen LogP contribution in [-0.2, 0) is 0 Å². The largest absolute Gasteiger partial charge is 0.586 e. The third-order valence-electron chi connectivity index (χ3n) is 5.99. The number of benzene rings is 1. The normalized spacial score (nSPS) is 25.2. The van der Waals surface area contributed by atoms with E-state index in [0.717, 1.165) is 18.3 Å². The zero-order chi connectivity index (χ0) is 23.6. The predicted octanol–water partition coefficient (Wildman–Crippen LogP) is 2.98. The van der Waals surface area contributed by atoms with Crippen LogP contribution >= 0.6 is 0 Å². The van der Waals surface area contributed by atoms with Crippen LogP contribution in [0.5, 0.6) is 17.2 Å². The van der Waals surface area contributed by atoms with E-state index in [-0.39, 0.29) is 17.0 Å². The summed E-state index contributed by atoms with van der Waals surface area (Å²) in [5, 5.41) is 14.3. The van der Waals surface area contributed by atoms with Gasteiger partial charge in [-0.05, 0) is 31.4 Å². The van der Waals surface area contributed by atoms with Gasteiger partial charge in [-0.3, -0.25) is 9.59 Å². The Labute approximate surface area is 184 Å². The van der Waals surface area contributed by atoms with Crippen molar-refractivity contribution in [1.82, 2.24) is 10.3 Å². The maximum Gasteiger partial charge on any atom is 0.586 e. The molecule has 0 atom stereocenters. The van der Waals surface area contributed by atoms with Gasteiger partial charge in [0, 0.05) is 17.8 Å². The number of amides is 2. The first-order chi connectivity index (χ1) is 15.6. The summed E-state index contributed by atoms with van der Waals surface area (Å²) in [6.45, 7) is 0. The molecule has 12 heteroatoms. The Morgan fingerprint density at radius 3 is 2.48 bits per heavy atom. The van der Waals surface area contributed by atoms with Crippen molar-refractivity contribution in [1.29, 1.82) is 5.26 Å². The SMILES string of the molecule is COc1ccnc(F)c1C(=O)Nc1cc2c(cc1C(=O)NC13CC(C#N)(C1)C3)OC(F)(F)O2. The molecule has 2 N–H and O–H groups in total. The fourth-order valence-electron chi connectivity index (χ4n) is 4.62. The Bertz CT molecular complexity index is 1240. The van der Waals surface area contributed by atoms with E-state index >= 15 is 0 Å². The van der Waals surface area contributed by atoms with Crippen molar-refractivity contribution >= 4 is 17.5 Å². The first-order valence-corrected chi connectivity index (χ1v) is 9.76. The van der Waals surface area contributed by atoms with Gasteiger partial charge in [0.05, 0.1) is 29.8 Å². The molecule has 6 rings (SSSR count). The first-order valence-electron chi connectivity index (χ1n) is 9.76. The van der Waals surface area contributed by atoms with Crippen LogP contribution in [0.1, 0.15) is 40.0 Å². The number of alkyl halides is 2. The number of rotatable bonds is 5. The minimum atomic E-state index is -3.95. The minimum absolute atomic E-state index is 0.117. The predicted molar refractivity (Wildman–Crippen MR) is 103 cm³/mol. The van der Waals surface area contributed by atoms with Gasteiger partial charge >= 0.3 is 6.29 Å². The number of nitriles is 1. The fraction of sp³-hybridized carbons (Fsp3) is 0.333. The topological polar surface area (TPSA) is 123 Å². The molecule has 0 radical (unpaired) electrons. The van der Waals surface area contributed by atoms with E-state index in [9.17, 15) is 22.8 Å². The smallest absolute Gasteiger partial charge is 0.496 e. The van der Waals surface area contributed by atoms with Gasteiger partial charge in [0.15, 0.2) is 11.5 Å². The number of anilines is 1. The molecule has 4 aliphatic rings. The van der Waals surface area contributed by atoms with Crippen LogP contribution in [0.3, 0.4) is 0 Å². The van der Waals surface area contributed by atoms with E-state index in [0.29, 0.717) is 19.3 Å². The number of carbonyl (C=O) groups is 2. The fourth-order valence-corrected chi connectivity index (χ4v) is 4.62. The summed E-state index contributed by atoms with van der Waals surface area (Å²) in [5.41, 5.74) is -1.96. The lowest BCUT2D eigenvalue weighted by Gasteiger charge is -2.66. The average molecular weight is 460 g/mol. The number of hydrogen-bond acceptors (Lipinski definition) is 7. The van der Waals surface area contributed by atoms with Gasteiger partial charge in [-0.25, -0.2) is 4.98 Å². The van der Waals surface area contributed by atoms with Gasteiger partial charge in [-0.1, -0.05) is 0 Å². The summed E-state index contributed by atoms with van der Waals surface area (Å²) < 4.78 is 55.2. The highest BCUT2D eigenvalue weighted by atomic mass is 19.3. The van der Waals surface area contributed by atoms with Crippen LogP contribution in [0, 0.1) is 22.7 Å². The molecule has 2 aromatic rings. The van der Waals surface area contributed by atoms with Crippen molar-refractivity contribution < 1.29 is 37.0 Å². The molecule has 1 aromatic carbocycles. The number of aromatic nitrogens is 1. The van der Waals surface area contributed by atoms with Gasteiger partial charge in [0.1, 0.15) is 11.3 Å². The second kappa shape index (κ2) is 6.74. The molecule has 1 aromatic heterocycles. The van der Waals surface area contributed by atoms with Gasteiger partial charge < -0.3 is 24.8 Å². The summed E-state index contributed by atoms with van der Waals surface area (Å²) in [6.07, 6.45) is -1.42. The highest BCUT2D eigenvalue weighted by Crippen LogP contribution is 2.66. The van der Waals surface area contributed by atoms with Gasteiger partial charge in [0.25, 0.3) is 11.8 Å². The second-order valence-electron chi connectivity index (χ2n) is 8.30. The van der Waals surface area contributed by atoms with E-state index in [1.165, 1.54) is 13.2 Å². The zero-order valence-electron chi connectivity index (χ0n) is 17.0. The van der Waals surface area contributed by atoms with Crippen LogP contribution in [0.15, 0.2) is 24.4 Å². The number of halogens is 3. The Balaban J connectivity index is 1.47. The van der Waals surface area contributed by atoms with Crippen molar-refractivity contribution in [2.45, 2.75) is 31.1 Å². The summed E-state index contributed by atoms with van der Waals surface area (Å²) >= 11 is 0. The standard InChI is InChI=1S/C21H15F3N4O5/c1-31-12-2-3-26-16(22)15(12)18(30)27-11-5-14-13(32-21(23,24)33-14)4-10(11)17(29)28-20-6-19(7-20,8-20)9-25/h2-5H,6-8H2,1H3,(H,27,30)(H,28,29). The second-order valence-corrected chi connectivity index (χ2v) is 8.30. The maximum absolute atomic E-state index is 14.2. The van der Waals surface area contributed by atoms with Crippen LogP contribution < -0.4 is 24.8 Å². The van der Waals surface area contributed by atoms with E-state index < -0.39 is 52.1 Å². The van der Waals surface area contributed by atoms with Crippen molar-refractivity contribution in [3.05, 3.63) is 41.5 Å². The molecule has 0 spiro atoms. The zero-order valence-corrected chi connectivity index (χ0v) is 17.0. The van der Waals surface area contributed by atoms with Gasteiger partial charge in [0.2, 0.25) is 5.95 Å². The minimum Gasteiger partial charge on any atom is -0.496 e.